The number of nitrogens with zero attached hydrogens (tertiary/aromatic N) is 1. The lowest BCUT2D eigenvalue weighted by Gasteiger charge is -2.06. The van der Waals surface area contributed by atoms with E-state index in [0.717, 1.165) is 12.8 Å². The van der Waals surface area contributed by atoms with Crippen LogP contribution in [0.1, 0.15) is 12.8 Å². The van der Waals surface area contributed by atoms with Crippen molar-refractivity contribution in [1.29, 1.82) is 0 Å². The van der Waals surface area contributed by atoms with Gasteiger partial charge in [0.1, 0.15) is 10.8 Å². The number of hydrogen-bond donors (Lipinski definition) is 0. The van der Waals surface area contributed by atoms with E-state index in [-0.39, 0.29) is 16.8 Å². The standard InChI is InChI=1S/C9H7Cl2NO3/c10-6-3-7(11)9(15-5-1-2-5)4-8(6)12(13)14/h3-5H,1-2H2. The van der Waals surface area contributed by atoms with E-state index in [1.54, 1.807) is 0 Å². The van der Waals surface area contributed by atoms with Crippen molar-refractivity contribution in [1.82, 2.24) is 0 Å². The van der Waals surface area contributed by atoms with E-state index in [9.17, 15) is 10.1 Å². The molecule has 80 valence electrons. The molecule has 1 fully saturated rings. The molecule has 0 saturated heterocycles. The number of hydrogen-bond acceptors (Lipinski definition) is 3. The smallest absolute Gasteiger partial charge is 0.291 e. The molecule has 0 radical (unpaired) electrons. The number of nitro groups is 1. The molecule has 4 nitrogen and oxygen atoms in total. The lowest BCUT2D eigenvalue weighted by molar-refractivity contribution is -0.384. The number of rotatable bonds is 3. The number of halogens is 2. The Balaban J connectivity index is 2.35. The minimum Gasteiger partial charge on any atom is -0.489 e. The Morgan fingerprint density at radius 2 is 2.00 bits per heavy atom. The van der Waals surface area contributed by atoms with Crippen molar-refractivity contribution >= 4 is 28.9 Å². The summed E-state index contributed by atoms with van der Waals surface area (Å²) in [5.74, 6) is 0.329. The molecule has 0 aromatic heterocycles. The van der Waals surface area contributed by atoms with E-state index in [4.69, 9.17) is 27.9 Å². The van der Waals surface area contributed by atoms with E-state index < -0.39 is 4.92 Å². The highest BCUT2D eigenvalue weighted by atomic mass is 35.5. The monoisotopic (exact) mass is 247 g/mol. The summed E-state index contributed by atoms with van der Waals surface area (Å²) in [5.41, 5.74) is -0.184. The Kier molecular flexibility index (Phi) is 2.71. The minimum atomic E-state index is -0.557. The molecule has 0 unspecified atom stereocenters. The highest BCUT2D eigenvalue weighted by molar-refractivity contribution is 6.36. The van der Waals surface area contributed by atoms with Crippen molar-refractivity contribution in [3.8, 4) is 5.75 Å². The van der Waals surface area contributed by atoms with Gasteiger partial charge in [-0.05, 0) is 18.9 Å². The predicted octanol–water partition coefficient (Wildman–Crippen LogP) is 3.44. The Labute approximate surface area is 95.9 Å². The molecule has 1 aromatic rings. The van der Waals surface area contributed by atoms with Gasteiger partial charge in [0.05, 0.1) is 22.1 Å². The van der Waals surface area contributed by atoms with Crippen LogP contribution < -0.4 is 4.74 Å². The Hall–Kier alpha value is -1.00. The van der Waals surface area contributed by atoms with Gasteiger partial charge < -0.3 is 4.74 Å². The van der Waals surface area contributed by atoms with Gasteiger partial charge in [0, 0.05) is 0 Å². The van der Waals surface area contributed by atoms with E-state index in [2.05, 4.69) is 0 Å². The number of benzene rings is 1. The number of ether oxygens (including phenoxy) is 1. The zero-order chi connectivity index (χ0) is 11.0. The molecule has 15 heavy (non-hydrogen) atoms. The van der Waals surface area contributed by atoms with Crippen LogP contribution in [0.5, 0.6) is 5.75 Å². The van der Waals surface area contributed by atoms with Crippen molar-refractivity contribution in [2.75, 3.05) is 0 Å². The van der Waals surface area contributed by atoms with E-state index >= 15 is 0 Å². The van der Waals surface area contributed by atoms with Gasteiger partial charge in [-0.3, -0.25) is 10.1 Å². The average Bonchev–Trinajstić information content (AvgIpc) is 2.92. The SMILES string of the molecule is O=[N+]([O-])c1cc(OC2CC2)c(Cl)cc1Cl. The maximum Gasteiger partial charge on any atom is 0.291 e. The van der Waals surface area contributed by atoms with Gasteiger partial charge in [-0.1, -0.05) is 23.2 Å². The second-order valence-corrected chi connectivity index (χ2v) is 4.12. The lowest BCUT2D eigenvalue weighted by atomic mass is 10.3. The minimum absolute atomic E-state index is 0.0214. The fraction of sp³-hybridized carbons (Fsp3) is 0.333. The molecule has 6 heteroatoms. The summed E-state index contributed by atoms with van der Waals surface area (Å²) in [5, 5.41) is 10.9. The first kappa shape index (κ1) is 10.5. The third kappa shape index (κ3) is 2.33. The second-order valence-electron chi connectivity index (χ2n) is 3.31. The van der Waals surface area contributed by atoms with Crippen molar-refractivity contribution < 1.29 is 9.66 Å². The molecule has 1 saturated carbocycles. The predicted molar refractivity (Wildman–Crippen MR) is 56.8 cm³/mol. The highest BCUT2D eigenvalue weighted by Gasteiger charge is 2.26. The van der Waals surface area contributed by atoms with E-state index in [1.165, 1.54) is 12.1 Å². The summed E-state index contributed by atoms with van der Waals surface area (Å²) < 4.78 is 5.41. The summed E-state index contributed by atoms with van der Waals surface area (Å²) in [6.45, 7) is 0. The van der Waals surface area contributed by atoms with Gasteiger partial charge >= 0.3 is 0 Å². The summed E-state index contributed by atoms with van der Waals surface area (Å²) in [7, 11) is 0. The van der Waals surface area contributed by atoms with Gasteiger partial charge in [0.15, 0.2) is 0 Å². The molecule has 2 rings (SSSR count). The van der Waals surface area contributed by atoms with Gasteiger partial charge in [-0.2, -0.15) is 0 Å². The normalized spacial score (nSPS) is 15.1. The molecule has 0 amide bonds. The summed E-state index contributed by atoms with van der Waals surface area (Å²) in [6.07, 6.45) is 2.07. The van der Waals surface area contributed by atoms with Gasteiger partial charge in [-0.15, -0.1) is 0 Å². The zero-order valence-corrected chi connectivity index (χ0v) is 9.09. The molecule has 1 aliphatic rings. The quantitative estimate of drug-likeness (QED) is 0.608. The first-order valence-corrected chi connectivity index (χ1v) is 5.13. The molecule has 0 atom stereocenters. The average molecular weight is 248 g/mol. The van der Waals surface area contributed by atoms with Gasteiger partial charge in [-0.25, -0.2) is 0 Å². The molecule has 1 aliphatic carbocycles. The summed E-state index contributed by atoms with van der Waals surface area (Å²) in [6, 6.07) is 2.60. The van der Waals surface area contributed by atoms with Crippen LogP contribution in [0.15, 0.2) is 12.1 Å². The van der Waals surface area contributed by atoms with Gasteiger partial charge in [0.25, 0.3) is 5.69 Å². The first-order valence-electron chi connectivity index (χ1n) is 4.38. The van der Waals surface area contributed by atoms with Crippen molar-refractivity contribution in [2.24, 2.45) is 0 Å². The van der Waals surface area contributed by atoms with Crippen LogP contribution in [0.2, 0.25) is 10.0 Å². The Morgan fingerprint density at radius 3 is 2.53 bits per heavy atom. The van der Waals surface area contributed by atoms with Crippen molar-refractivity contribution in [3.05, 3.63) is 32.3 Å². The number of nitro benzene ring substituents is 1. The Morgan fingerprint density at radius 1 is 1.33 bits per heavy atom. The van der Waals surface area contributed by atoms with Gasteiger partial charge in [0.2, 0.25) is 0 Å². The highest BCUT2D eigenvalue weighted by Crippen LogP contribution is 2.38. The van der Waals surface area contributed by atoms with Crippen LogP contribution in [0.25, 0.3) is 0 Å². The Bertz CT molecular complexity index is 418. The first-order chi connectivity index (χ1) is 7.08. The largest absolute Gasteiger partial charge is 0.489 e. The van der Waals surface area contributed by atoms with E-state index in [1.807, 2.05) is 0 Å². The van der Waals surface area contributed by atoms with Crippen LogP contribution in [0.4, 0.5) is 5.69 Å². The molecule has 0 bridgehead atoms. The molecule has 0 heterocycles. The summed E-state index contributed by atoms with van der Waals surface area (Å²) >= 11 is 11.5. The van der Waals surface area contributed by atoms with Crippen LogP contribution in [-0.2, 0) is 0 Å². The molecule has 0 aliphatic heterocycles. The van der Waals surface area contributed by atoms with Crippen molar-refractivity contribution in [2.45, 2.75) is 18.9 Å². The molecule has 0 N–H and O–H groups in total. The third-order valence-corrected chi connectivity index (χ3v) is 2.61. The lowest BCUT2D eigenvalue weighted by Crippen LogP contribution is -1.98. The molecular weight excluding hydrogens is 241 g/mol. The maximum atomic E-state index is 10.6. The van der Waals surface area contributed by atoms with Crippen LogP contribution in [-0.4, -0.2) is 11.0 Å². The van der Waals surface area contributed by atoms with Crippen LogP contribution in [0, 0.1) is 10.1 Å². The van der Waals surface area contributed by atoms with Crippen LogP contribution in [0.3, 0.4) is 0 Å². The topological polar surface area (TPSA) is 52.4 Å². The maximum absolute atomic E-state index is 10.6. The molecule has 0 spiro atoms. The summed E-state index contributed by atoms with van der Waals surface area (Å²) in [4.78, 5) is 10.1. The fourth-order valence-electron chi connectivity index (χ4n) is 1.11. The van der Waals surface area contributed by atoms with E-state index in [0.29, 0.717) is 10.8 Å². The molecule has 1 aromatic carbocycles. The fourth-order valence-corrected chi connectivity index (χ4v) is 1.61. The van der Waals surface area contributed by atoms with Crippen molar-refractivity contribution in [3.63, 3.8) is 0 Å². The third-order valence-electron chi connectivity index (χ3n) is 2.02. The molecular formula is C9H7Cl2NO3. The van der Waals surface area contributed by atoms with Crippen LogP contribution >= 0.6 is 23.2 Å². The second kappa shape index (κ2) is 3.87. The zero-order valence-electron chi connectivity index (χ0n) is 7.57.